The first-order valence-corrected chi connectivity index (χ1v) is 8.93. The summed E-state index contributed by atoms with van der Waals surface area (Å²) in [7, 11) is 1.58. The molecule has 5 heteroatoms. The van der Waals surface area contributed by atoms with Crippen molar-refractivity contribution in [3.05, 3.63) is 59.2 Å². The number of benzene rings is 2. The van der Waals surface area contributed by atoms with E-state index < -0.39 is 0 Å². The van der Waals surface area contributed by atoms with Gasteiger partial charge in [0.25, 0.3) is 0 Å². The zero-order chi connectivity index (χ0) is 19.1. The highest BCUT2D eigenvalue weighted by Crippen LogP contribution is 2.33. The van der Waals surface area contributed by atoms with Crippen LogP contribution in [0.3, 0.4) is 0 Å². The third-order valence-corrected chi connectivity index (χ3v) is 3.91. The molecule has 0 saturated heterocycles. The van der Waals surface area contributed by atoms with Gasteiger partial charge in [-0.15, -0.1) is 11.6 Å². The second-order valence-electron chi connectivity index (χ2n) is 6.03. The third kappa shape index (κ3) is 5.02. The van der Waals surface area contributed by atoms with Gasteiger partial charge >= 0.3 is 0 Å². The number of hydrogen-bond acceptors (Lipinski definition) is 4. The molecule has 0 aromatic heterocycles. The Morgan fingerprint density at radius 1 is 1.27 bits per heavy atom. The molecule has 0 fully saturated rings. The molecule has 0 saturated carbocycles. The zero-order valence-corrected chi connectivity index (χ0v) is 15.9. The van der Waals surface area contributed by atoms with Crippen LogP contribution >= 0.6 is 11.6 Å². The molecular formula is C21H23ClO4. The van der Waals surface area contributed by atoms with E-state index in [-0.39, 0.29) is 17.6 Å². The van der Waals surface area contributed by atoms with Crippen LogP contribution in [0.1, 0.15) is 35.3 Å². The van der Waals surface area contributed by atoms with Crippen molar-refractivity contribution in [3.63, 3.8) is 0 Å². The maximum absolute atomic E-state index is 12.5. The van der Waals surface area contributed by atoms with Crippen molar-refractivity contribution in [1.29, 1.82) is 0 Å². The van der Waals surface area contributed by atoms with E-state index in [0.717, 1.165) is 5.56 Å². The SMILES string of the molecule is COc1cccc(/C=C/C(=O)c2ccc(O)c(CCCl)c2)c1OC(C)C. The molecule has 0 bridgehead atoms. The summed E-state index contributed by atoms with van der Waals surface area (Å²) < 4.78 is 11.2. The molecule has 0 spiro atoms. The van der Waals surface area contributed by atoms with Gasteiger partial charge < -0.3 is 14.6 Å². The monoisotopic (exact) mass is 374 g/mol. The lowest BCUT2D eigenvalue weighted by molar-refractivity contribution is 0.104. The van der Waals surface area contributed by atoms with E-state index in [1.165, 1.54) is 12.1 Å². The van der Waals surface area contributed by atoms with E-state index in [2.05, 4.69) is 0 Å². The number of para-hydroxylation sites is 1. The van der Waals surface area contributed by atoms with E-state index in [9.17, 15) is 9.90 Å². The van der Waals surface area contributed by atoms with Crippen LogP contribution in [0.25, 0.3) is 6.08 Å². The van der Waals surface area contributed by atoms with Crippen LogP contribution in [-0.2, 0) is 6.42 Å². The lowest BCUT2D eigenvalue weighted by Crippen LogP contribution is -2.08. The number of ether oxygens (including phenoxy) is 2. The summed E-state index contributed by atoms with van der Waals surface area (Å²) in [5.74, 6) is 1.57. The smallest absolute Gasteiger partial charge is 0.185 e. The Morgan fingerprint density at radius 2 is 2.04 bits per heavy atom. The fourth-order valence-electron chi connectivity index (χ4n) is 2.49. The lowest BCUT2D eigenvalue weighted by atomic mass is 10.0. The molecule has 2 aromatic rings. The molecule has 2 rings (SSSR count). The first-order valence-electron chi connectivity index (χ1n) is 8.40. The number of carbonyl (C=O) groups is 1. The number of alkyl halides is 1. The number of allylic oxidation sites excluding steroid dienone is 1. The molecule has 138 valence electrons. The van der Waals surface area contributed by atoms with Crippen LogP contribution in [0.2, 0.25) is 0 Å². The van der Waals surface area contributed by atoms with Gasteiger partial charge in [0.05, 0.1) is 13.2 Å². The summed E-state index contributed by atoms with van der Waals surface area (Å²) in [6.07, 6.45) is 3.67. The molecule has 1 N–H and O–H groups in total. The molecule has 0 unspecified atom stereocenters. The van der Waals surface area contributed by atoms with Crippen molar-refractivity contribution in [2.24, 2.45) is 0 Å². The summed E-state index contributed by atoms with van der Waals surface area (Å²) in [6.45, 7) is 3.86. The molecule has 0 aliphatic heterocycles. The molecule has 0 aliphatic carbocycles. The summed E-state index contributed by atoms with van der Waals surface area (Å²) in [4.78, 5) is 12.5. The summed E-state index contributed by atoms with van der Waals surface area (Å²) in [5.41, 5.74) is 1.91. The molecule has 0 atom stereocenters. The quantitative estimate of drug-likeness (QED) is 0.407. The molecule has 2 aromatic carbocycles. The van der Waals surface area contributed by atoms with Gasteiger partial charge in [0.1, 0.15) is 5.75 Å². The minimum absolute atomic E-state index is 0.0237. The number of halogens is 1. The number of phenolic OH excluding ortho intramolecular Hbond substituents is 1. The largest absolute Gasteiger partial charge is 0.508 e. The average Bonchev–Trinajstić information content (AvgIpc) is 2.62. The zero-order valence-electron chi connectivity index (χ0n) is 15.2. The van der Waals surface area contributed by atoms with E-state index in [1.807, 2.05) is 32.0 Å². The summed E-state index contributed by atoms with van der Waals surface area (Å²) >= 11 is 5.73. The maximum atomic E-state index is 12.5. The Balaban J connectivity index is 2.29. The highest BCUT2D eigenvalue weighted by Gasteiger charge is 2.12. The average molecular weight is 375 g/mol. The Labute approximate surface area is 159 Å². The highest BCUT2D eigenvalue weighted by atomic mass is 35.5. The van der Waals surface area contributed by atoms with Crippen LogP contribution in [0, 0.1) is 0 Å². The van der Waals surface area contributed by atoms with Crippen LogP contribution in [-0.4, -0.2) is 30.0 Å². The fourth-order valence-corrected chi connectivity index (χ4v) is 2.69. The molecule has 0 amide bonds. The van der Waals surface area contributed by atoms with E-state index in [0.29, 0.717) is 34.9 Å². The summed E-state index contributed by atoms with van der Waals surface area (Å²) in [6, 6.07) is 10.3. The topological polar surface area (TPSA) is 55.8 Å². The minimum Gasteiger partial charge on any atom is -0.508 e. The Hall–Kier alpha value is -2.46. The van der Waals surface area contributed by atoms with Crippen molar-refractivity contribution >= 4 is 23.5 Å². The van der Waals surface area contributed by atoms with Crippen LogP contribution < -0.4 is 9.47 Å². The number of methoxy groups -OCH3 is 1. The van der Waals surface area contributed by atoms with E-state index in [4.69, 9.17) is 21.1 Å². The van der Waals surface area contributed by atoms with Gasteiger partial charge in [0.2, 0.25) is 0 Å². The number of ketones is 1. The van der Waals surface area contributed by atoms with Gasteiger partial charge in [0.15, 0.2) is 17.3 Å². The Morgan fingerprint density at radius 3 is 2.69 bits per heavy atom. The molecule has 4 nitrogen and oxygen atoms in total. The van der Waals surface area contributed by atoms with Crippen LogP contribution in [0.5, 0.6) is 17.2 Å². The standard InChI is InChI=1S/C21H23ClO4/c1-14(2)26-21-15(5-4-6-20(21)25-3)7-9-18(23)16-8-10-19(24)17(13-16)11-12-22/h4-10,13-14,24H,11-12H2,1-3H3/b9-7+. The Bertz CT molecular complexity index is 797. The number of rotatable bonds is 8. The van der Waals surface area contributed by atoms with Gasteiger partial charge in [0, 0.05) is 17.0 Å². The third-order valence-electron chi connectivity index (χ3n) is 3.72. The first-order chi connectivity index (χ1) is 12.5. The lowest BCUT2D eigenvalue weighted by Gasteiger charge is -2.15. The first kappa shape index (κ1) is 19.9. The van der Waals surface area contributed by atoms with E-state index >= 15 is 0 Å². The molecule has 0 heterocycles. The van der Waals surface area contributed by atoms with Crippen molar-refractivity contribution in [2.75, 3.05) is 13.0 Å². The van der Waals surface area contributed by atoms with E-state index in [1.54, 1.807) is 25.3 Å². The van der Waals surface area contributed by atoms with Gasteiger partial charge in [-0.3, -0.25) is 4.79 Å². The molecule has 0 radical (unpaired) electrons. The molecule has 0 aliphatic rings. The number of carbonyl (C=O) groups excluding carboxylic acids is 1. The number of aromatic hydroxyl groups is 1. The number of hydrogen-bond donors (Lipinski definition) is 1. The second kappa shape index (κ2) is 9.30. The molecular weight excluding hydrogens is 352 g/mol. The highest BCUT2D eigenvalue weighted by molar-refractivity contribution is 6.18. The van der Waals surface area contributed by atoms with Crippen molar-refractivity contribution < 1.29 is 19.4 Å². The van der Waals surface area contributed by atoms with Crippen LogP contribution in [0.15, 0.2) is 42.5 Å². The maximum Gasteiger partial charge on any atom is 0.185 e. The van der Waals surface area contributed by atoms with Crippen molar-refractivity contribution in [1.82, 2.24) is 0 Å². The molecule has 26 heavy (non-hydrogen) atoms. The van der Waals surface area contributed by atoms with Gasteiger partial charge in [-0.05, 0) is 62.2 Å². The normalized spacial score (nSPS) is 11.1. The number of phenols is 1. The van der Waals surface area contributed by atoms with Gasteiger partial charge in [-0.2, -0.15) is 0 Å². The predicted molar refractivity (Wildman–Crippen MR) is 105 cm³/mol. The predicted octanol–water partition coefficient (Wildman–Crippen LogP) is 4.87. The fraction of sp³-hybridized carbons (Fsp3) is 0.286. The summed E-state index contributed by atoms with van der Waals surface area (Å²) in [5, 5.41) is 9.82. The number of aryl methyl sites for hydroxylation is 1. The second-order valence-corrected chi connectivity index (χ2v) is 6.40. The van der Waals surface area contributed by atoms with Crippen LogP contribution in [0.4, 0.5) is 0 Å². The minimum atomic E-state index is -0.167. The van der Waals surface area contributed by atoms with Crippen molar-refractivity contribution in [3.8, 4) is 17.2 Å². The van der Waals surface area contributed by atoms with Gasteiger partial charge in [-0.1, -0.05) is 12.1 Å². The van der Waals surface area contributed by atoms with Gasteiger partial charge in [-0.25, -0.2) is 0 Å². The van der Waals surface area contributed by atoms with Crippen molar-refractivity contribution in [2.45, 2.75) is 26.4 Å². The Kier molecular flexibility index (Phi) is 7.10.